The lowest BCUT2D eigenvalue weighted by atomic mass is 10.3. The molecule has 1 amide bonds. The molecule has 4 nitrogen and oxygen atoms in total. The van der Waals surface area contributed by atoms with Gasteiger partial charge in [0.05, 0.1) is 11.4 Å². The van der Waals surface area contributed by atoms with E-state index < -0.39 is 0 Å². The van der Waals surface area contributed by atoms with E-state index in [2.05, 4.69) is 5.10 Å². The Morgan fingerprint density at radius 1 is 1.29 bits per heavy atom. The molecule has 0 bridgehead atoms. The summed E-state index contributed by atoms with van der Waals surface area (Å²) in [5, 5.41) is 4.50. The molecule has 1 fully saturated rings. The highest BCUT2D eigenvalue weighted by molar-refractivity contribution is 8.01. The zero-order valence-corrected chi connectivity index (χ0v) is 13.8. The van der Waals surface area contributed by atoms with Gasteiger partial charge in [0, 0.05) is 13.1 Å². The van der Waals surface area contributed by atoms with Crippen molar-refractivity contribution >= 4 is 41.2 Å². The van der Waals surface area contributed by atoms with Crippen LogP contribution in [0.3, 0.4) is 0 Å². The smallest absolute Gasteiger partial charge is 0.233 e. The van der Waals surface area contributed by atoms with Crippen LogP contribution >= 0.6 is 35.3 Å². The monoisotopic (exact) mass is 337 g/mol. The van der Waals surface area contributed by atoms with Gasteiger partial charge in [0.1, 0.15) is 0 Å². The van der Waals surface area contributed by atoms with Crippen molar-refractivity contribution < 1.29 is 4.79 Å². The third-order valence-corrected chi connectivity index (χ3v) is 5.66. The first-order valence-corrected chi connectivity index (χ1v) is 9.01. The second-order valence-corrected chi connectivity index (χ2v) is 7.60. The Morgan fingerprint density at radius 3 is 2.71 bits per heavy atom. The zero-order valence-electron chi connectivity index (χ0n) is 11.4. The first-order chi connectivity index (χ1) is 10.2. The van der Waals surface area contributed by atoms with Gasteiger partial charge in [-0.05, 0) is 37.2 Å². The van der Waals surface area contributed by atoms with Crippen molar-refractivity contribution in [1.82, 2.24) is 14.7 Å². The number of nitrogens with zero attached hydrogens (tertiary/aromatic N) is 3. The van der Waals surface area contributed by atoms with Gasteiger partial charge in [-0.1, -0.05) is 41.3 Å². The first-order valence-electron chi connectivity index (χ1n) is 6.80. The second kappa shape index (κ2) is 6.72. The van der Waals surface area contributed by atoms with Crippen LogP contribution in [0.1, 0.15) is 12.8 Å². The third-order valence-electron chi connectivity index (χ3n) is 3.31. The fraction of sp³-hybridized carbons (Fsp3) is 0.357. The van der Waals surface area contributed by atoms with Crippen LogP contribution in [0.5, 0.6) is 0 Å². The van der Waals surface area contributed by atoms with E-state index in [9.17, 15) is 4.79 Å². The molecule has 1 aliphatic rings. The Kier molecular flexibility index (Phi) is 4.72. The number of rotatable bonds is 4. The summed E-state index contributed by atoms with van der Waals surface area (Å²) in [6, 6.07) is 9.82. The number of likely N-dealkylation sites (tertiary alicyclic amines) is 1. The molecular formula is C14H15N3OS3. The molecule has 1 aromatic carbocycles. The molecule has 110 valence electrons. The van der Waals surface area contributed by atoms with Crippen LogP contribution in [0.15, 0.2) is 34.7 Å². The van der Waals surface area contributed by atoms with Crippen molar-refractivity contribution in [3.8, 4) is 5.69 Å². The first kappa shape index (κ1) is 14.7. The number of aromatic nitrogens is 2. The molecule has 0 aliphatic carbocycles. The highest BCUT2D eigenvalue weighted by Gasteiger charge is 2.18. The minimum absolute atomic E-state index is 0.199. The minimum Gasteiger partial charge on any atom is -0.342 e. The summed E-state index contributed by atoms with van der Waals surface area (Å²) in [5.74, 6) is 0.641. The molecule has 2 heterocycles. The van der Waals surface area contributed by atoms with Gasteiger partial charge in [-0.15, -0.1) is 5.10 Å². The molecule has 0 spiro atoms. The number of thioether (sulfide) groups is 1. The van der Waals surface area contributed by atoms with E-state index in [1.807, 2.05) is 35.2 Å². The van der Waals surface area contributed by atoms with E-state index in [1.165, 1.54) is 23.1 Å². The molecule has 1 aliphatic heterocycles. The predicted molar refractivity (Wildman–Crippen MR) is 88.8 cm³/mol. The van der Waals surface area contributed by atoms with Crippen LogP contribution in [-0.2, 0) is 4.79 Å². The van der Waals surface area contributed by atoms with Crippen molar-refractivity contribution in [2.45, 2.75) is 17.2 Å². The van der Waals surface area contributed by atoms with Gasteiger partial charge in [-0.2, -0.15) is 0 Å². The summed E-state index contributed by atoms with van der Waals surface area (Å²) in [7, 11) is 0. The van der Waals surface area contributed by atoms with Crippen molar-refractivity contribution in [1.29, 1.82) is 0 Å². The Labute approximate surface area is 136 Å². The number of hydrogen-bond acceptors (Lipinski definition) is 5. The van der Waals surface area contributed by atoms with Crippen LogP contribution in [-0.4, -0.2) is 39.4 Å². The maximum Gasteiger partial charge on any atom is 0.233 e. The molecule has 1 aromatic heterocycles. The number of para-hydroxylation sites is 1. The average Bonchev–Trinajstić information content (AvgIpc) is 3.15. The fourth-order valence-corrected chi connectivity index (χ4v) is 4.50. The van der Waals surface area contributed by atoms with E-state index in [0.717, 1.165) is 36.0 Å². The quantitative estimate of drug-likeness (QED) is 0.633. The number of carbonyl (C=O) groups is 1. The lowest BCUT2D eigenvalue weighted by molar-refractivity contribution is -0.127. The van der Waals surface area contributed by atoms with Crippen molar-refractivity contribution in [3.63, 3.8) is 0 Å². The number of benzene rings is 1. The van der Waals surface area contributed by atoms with E-state index in [0.29, 0.717) is 9.71 Å². The largest absolute Gasteiger partial charge is 0.342 e. The van der Waals surface area contributed by atoms with E-state index in [-0.39, 0.29) is 5.91 Å². The number of carbonyl (C=O) groups excluding carboxylic acids is 1. The Morgan fingerprint density at radius 2 is 2.00 bits per heavy atom. The maximum absolute atomic E-state index is 12.0. The van der Waals surface area contributed by atoms with Gasteiger partial charge < -0.3 is 4.90 Å². The second-order valence-electron chi connectivity index (χ2n) is 4.76. The minimum atomic E-state index is 0.199. The topological polar surface area (TPSA) is 38.1 Å². The summed E-state index contributed by atoms with van der Waals surface area (Å²) in [5.41, 5.74) is 0.955. The van der Waals surface area contributed by atoms with Crippen LogP contribution < -0.4 is 0 Å². The van der Waals surface area contributed by atoms with Crippen molar-refractivity contribution in [3.05, 3.63) is 34.3 Å². The number of hydrogen-bond donors (Lipinski definition) is 0. The molecule has 0 radical (unpaired) electrons. The van der Waals surface area contributed by atoms with Crippen LogP contribution in [0, 0.1) is 3.95 Å². The molecule has 3 rings (SSSR count). The van der Waals surface area contributed by atoms with Gasteiger partial charge in [0.25, 0.3) is 0 Å². The lowest BCUT2D eigenvalue weighted by Crippen LogP contribution is -2.29. The van der Waals surface area contributed by atoms with E-state index >= 15 is 0 Å². The lowest BCUT2D eigenvalue weighted by Gasteiger charge is -2.13. The predicted octanol–water partition coefficient (Wildman–Crippen LogP) is 3.38. The summed E-state index contributed by atoms with van der Waals surface area (Å²) >= 11 is 8.28. The molecular weight excluding hydrogens is 322 g/mol. The number of amides is 1. The van der Waals surface area contributed by atoms with Gasteiger partial charge in [0.15, 0.2) is 8.29 Å². The Hall–Kier alpha value is -1.18. The van der Waals surface area contributed by atoms with Gasteiger partial charge in [0.2, 0.25) is 5.91 Å². The highest BCUT2D eigenvalue weighted by Crippen LogP contribution is 2.24. The summed E-state index contributed by atoms with van der Waals surface area (Å²) in [6.45, 7) is 1.79. The van der Waals surface area contributed by atoms with Crippen molar-refractivity contribution in [2.24, 2.45) is 0 Å². The molecule has 7 heteroatoms. The SMILES string of the molecule is O=C(CSc1nn(-c2ccccc2)c(=S)s1)N1CCCC1. The van der Waals surface area contributed by atoms with E-state index in [4.69, 9.17) is 12.2 Å². The average molecular weight is 337 g/mol. The standard InChI is InChI=1S/C14H15N3OS3/c18-12(16-8-4-5-9-16)10-20-13-15-17(14(19)21-13)11-6-2-1-3-7-11/h1-3,6-7H,4-5,8-10H2. The molecule has 0 atom stereocenters. The fourth-order valence-electron chi connectivity index (χ4n) is 2.23. The Balaban J connectivity index is 1.67. The zero-order chi connectivity index (χ0) is 14.7. The third kappa shape index (κ3) is 3.53. The van der Waals surface area contributed by atoms with Gasteiger partial charge in [-0.3, -0.25) is 4.79 Å². The molecule has 1 saturated heterocycles. The molecule has 0 N–H and O–H groups in total. The van der Waals surface area contributed by atoms with Gasteiger partial charge in [-0.25, -0.2) is 4.68 Å². The summed E-state index contributed by atoms with van der Waals surface area (Å²) in [6.07, 6.45) is 2.25. The Bertz CT molecular complexity index is 674. The van der Waals surface area contributed by atoms with Crippen LogP contribution in [0.25, 0.3) is 5.69 Å². The van der Waals surface area contributed by atoms with Crippen molar-refractivity contribution in [2.75, 3.05) is 18.8 Å². The van der Waals surface area contributed by atoms with E-state index in [1.54, 1.807) is 4.68 Å². The molecule has 21 heavy (non-hydrogen) atoms. The highest BCUT2D eigenvalue weighted by atomic mass is 32.2. The van der Waals surface area contributed by atoms with Crippen LogP contribution in [0.4, 0.5) is 0 Å². The molecule has 2 aromatic rings. The van der Waals surface area contributed by atoms with Crippen LogP contribution in [0.2, 0.25) is 0 Å². The molecule has 0 unspecified atom stereocenters. The normalized spacial score (nSPS) is 14.6. The summed E-state index contributed by atoms with van der Waals surface area (Å²) in [4.78, 5) is 14.0. The molecule has 0 saturated carbocycles. The summed E-state index contributed by atoms with van der Waals surface area (Å²) < 4.78 is 3.30. The maximum atomic E-state index is 12.0. The van der Waals surface area contributed by atoms with Gasteiger partial charge >= 0.3 is 0 Å².